The van der Waals surface area contributed by atoms with Gasteiger partial charge in [-0.15, -0.1) is 0 Å². The Hall–Kier alpha value is -0.530. The average molecular weight is 355 g/mol. The summed E-state index contributed by atoms with van der Waals surface area (Å²) in [6, 6.07) is 0. The fourth-order valence-corrected chi connectivity index (χ4v) is 3.40. The second kappa shape index (κ2) is 21.5. The third-order valence-electron chi connectivity index (χ3n) is 5.04. The average Bonchev–Trinajstić information content (AvgIpc) is 2.61. The van der Waals surface area contributed by atoms with Crippen LogP contribution in [0.25, 0.3) is 0 Å². The first-order valence-corrected chi connectivity index (χ1v) is 11.5. The van der Waals surface area contributed by atoms with Crippen LogP contribution in [0.3, 0.4) is 0 Å². The molecule has 0 bridgehead atoms. The Bertz CT molecular complexity index is 263. The van der Waals surface area contributed by atoms with Crippen LogP contribution in [-0.4, -0.2) is 12.6 Å². The second-order valence-corrected chi connectivity index (χ2v) is 7.57. The molecule has 0 aliphatic heterocycles. The number of carbonyl (C=O) groups excluding carboxylic acids is 1. The highest BCUT2D eigenvalue weighted by Gasteiger charge is 2.00. The largest absolute Gasteiger partial charge is 0.466 e. The molecule has 0 rings (SSSR count). The highest BCUT2D eigenvalue weighted by atomic mass is 16.5. The van der Waals surface area contributed by atoms with Crippen molar-refractivity contribution in [2.24, 2.45) is 0 Å². The number of hydrogen-bond acceptors (Lipinski definition) is 2. The van der Waals surface area contributed by atoms with E-state index in [0.717, 1.165) is 6.42 Å². The predicted molar refractivity (Wildman–Crippen MR) is 110 cm³/mol. The van der Waals surface area contributed by atoms with Gasteiger partial charge < -0.3 is 4.74 Å². The Kier molecular flexibility index (Phi) is 21.1. The molecular formula is C23H46O2. The van der Waals surface area contributed by atoms with Gasteiger partial charge in [-0.2, -0.15) is 0 Å². The molecule has 2 nitrogen and oxygen atoms in total. The van der Waals surface area contributed by atoms with E-state index < -0.39 is 0 Å². The van der Waals surface area contributed by atoms with E-state index in [1.807, 2.05) is 6.92 Å². The summed E-state index contributed by atoms with van der Waals surface area (Å²) < 4.78 is 4.94. The molecule has 150 valence electrons. The van der Waals surface area contributed by atoms with Gasteiger partial charge in [-0.1, -0.05) is 116 Å². The van der Waals surface area contributed by atoms with Gasteiger partial charge in [0, 0.05) is 6.42 Å². The lowest BCUT2D eigenvalue weighted by atomic mass is 10.0. The molecule has 0 aromatic heterocycles. The first kappa shape index (κ1) is 24.5. The van der Waals surface area contributed by atoms with Crippen LogP contribution in [0.2, 0.25) is 0 Å². The Morgan fingerprint density at radius 1 is 0.520 bits per heavy atom. The third-order valence-corrected chi connectivity index (χ3v) is 5.04. The van der Waals surface area contributed by atoms with Gasteiger partial charge in [0.25, 0.3) is 0 Å². The topological polar surface area (TPSA) is 26.3 Å². The normalized spacial score (nSPS) is 11.0. The highest BCUT2D eigenvalue weighted by molar-refractivity contribution is 5.69. The molecular weight excluding hydrogens is 308 g/mol. The Labute approximate surface area is 158 Å². The SMILES string of the molecule is CCCCCCCCCCCCCCCCCCCCC(=O)OCC. The molecule has 0 heterocycles. The molecule has 0 fully saturated rings. The summed E-state index contributed by atoms with van der Waals surface area (Å²) in [6.45, 7) is 4.67. The zero-order chi connectivity index (χ0) is 18.4. The molecule has 2 heteroatoms. The van der Waals surface area contributed by atoms with Crippen molar-refractivity contribution in [3.05, 3.63) is 0 Å². The van der Waals surface area contributed by atoms with Crippen LogP contribution < -0.4 is 0 Å². The van der Waals surface area contributed by atoms with E-state index in [9.17, 15) is 4.79 Å². The molecule has 0 unspecified atom stereocenters. The summed E-state index contributed by atoms with van der Waals surface area (Å²) >= 11 is 0. The molecule has 0 radical (unpaired) electrons. The minimum Gasteiger partial charge on any atom is -0.466 e. The smallest absolute Gasteiger partial charge is 0.305 e. The predicted octanol–water partition coefficient (Wildman–Crippen LogP) is 7.98. The van der Waals surface area contributed by atoms with Crippen molar-refractivity contribution in [3.63, 3.8) is 0 Å². The third kappa shape index (κ3) is 21.4. The van der Waals surface area contributed by atoms with Crippen LogP contribution in [0.15, 0.2) is 0 Å². The minimum atomic E-state index is -0.0287. The maximum atomic E-state index is 11.2. The van der Waals surface area contributed by atoms with E-state index in [4.69, 9.17) is 4.74 Å². The standard InChI is InChI=1S/C23H46O2/c1-3-5-6-7-8-9-10-11-12-13-14-15-16-17-18-19-20-21-22-23(24)25-4-2/h3-22H2,1-2H3. The van der Waals surface area contributed by atoms with E-state index in [0.29, 0.717) is 13.0 Å². The van der Waals surface area contributed by atoms with Gasteiger partial charge in [-0.25, -0.2) is 0 Å². The van der Waals surface area contributed by atoms with Crippen molar-refractivity contribution in [2.45, 2.75) is 136 Å². The Morgan fingerprint density at radius 3 is 1.16 bits per heavy atom. The van der Waals surface area contributed by atoms with Crippen molar-refractivity contribution < 1.29 is 9.53 Å². The lowest BCUT2D eigenvalue weighted by molar-refractivity contribution is -0.143. The van der Waals surface area contributed by atoms with Gasteiger partial charge in [0.1, 0.15) is 0 Å². The molecule has 0 aromatic carbocycles. The molecule has 0 aliphatic rings. The minimum absolute atomic E-state index is 0.0287. The molecule has 0 atom stereocenters. The van der Waals surface area contributed by atoms with Crippen molar-refractivity contribution in [3.8, 4) is 0 Å². The molecule has 0 saturated carbocycles. The molecule has 25 heavy (non-hydrogen) atoms. The van der Waals surface area contributed by atoms with E-state index in [1.54, 1.807) is 0 Å². The number of rotatable bonds is 20. The van der Waals surface area contributed by atoms with Gasteiger partial charge in [0.2, 0.25) is 0 Å². The van der Waals surface area contributed by atoms with Gasteiger partial charge in [-0.05, 0) is 13.3 Å². The van der Waals surface area contributed by atoms with Crippen LogP contribution in [0.5, 0.6) is 0 Å². The van der Waals surface area contributed by atoms with Gasteiger partial charge in [0.15, 0.2) is 0 Å². The lowest BCUT2D eigenvalue weighted by Crippen LogP contribution is -2.03. The van der Waals surface area contributed by atoms with Crippen LogP contribution in [0, 0.1) is 0 Å². The fourth-order valence-electron chi connectivity index (χ4n) is 3.40. The van der Waals surface area contributed by atoms with Crippen molar-refractivity contribution >= 4 is 5.97 Å². The first-order valence-electron chi connectivity index (χ1n) is 11.5. The van der Waals surface area contributed by atoms with Crippen LogP contribution in [0.1, 0.15) is 136 Å². The maximum absolute atomic E-state index is 11.2. The summed E-state index contributed by atoms with van der Waals surface area (Å²) in [5.74, 6) is -0.0287. The van der Waals surface area contributed by atoms with Gasteiger partial charge in [0.05, 0.1) is 6.61 Å². The first-order chi connectivity index (χ1) is 12.3. The second-order valence-electron chi connectivity index (χ2n) is 7.57. The summed E-state index contributed by atoms with van der Waals surface area (Å²) in [7, 11) is 0. The summed E-state index contributed by atoms with van der Waals surface area (Å²) in [4.78, 5) is 11.2. The Morgan fingerprint density at radius 2 is 0.840 bits per heavy atom. The van der Waals surface area contributed by atoms with E-state index in [1.165, 1.54) is 109 Å². The monoisotopic (exact) mass is 354 g/mol. The Balaban J connectivity index is 3.02. The number of ether oxygens (including phenoxy) is 1. The molecule has 0 saturated heterocycles. The van der Waals surface area contributed by atoms with Gasteiger partial charge >= 0.3 is 5.97 Å². The van der Waals surface area contributed by atoms with Crippen molar-refractivity contribution in [1.29, 1.82) is 0 Å². The number of esters is 1. The molecule has 0 aliphatic carbocycles. The zero-order valence-corrected chi connectivity index (χ0v) is 17.5. The van der Waals surface area contributed by atoms with E-state index >= 15 is 0 Å². The number of carbonyl (C=O) groups is 1. The summed E-state index contributed by atoms with van der Waals surface area (Å²) in [5.41, 5.74) is 0. The van der Waals surface area contributed by atoms with Crippen molar-refractivity contribution in [2.75, 3.05) is 6.61 Å². The highest BCUT2D eigenvalue weighted by Crippen LogP contribution is 2.14. The molecule has 0 spiro atoms. The quantitative estimate of drug-likeness (QED) is 0.164. The van der Waals surface area contributed by atoms with Gasteiger partial charge in [-0.3, -0.25) is 4.79 Å². The zero-order valence-electron chi connectivity index (χ0n) is 17.5. The van der Waals surface area contributed by atoms with Crippen molar-refractivity contribution in [1.82, 2.24) is 0 Å². The van der Waals surface area contributed by atoms with Crippen LogP contribution >= 0.6 is 0 Å². The lowest BCUT2D eigenvalue weighted by Gasteiger charge is -2.04. The van der Waals surface area contributed by atoms with E-state index in [-0.39, 0.29) is 5.97 Å². The summed E-state index contributed by atoms with van der Waals surface area (Å²) in [6.07, 6.45) is 25.4. The van der Waals surface area contributed by atoms with Crippen LogP contribution in [0.4, 0.5) is 0 Å². The fraction of sp³-hybridized carbons (Fsp3) is 0.957. The molecule has 0 N–H and O–H groups in total. The van der Waals surface area contributed by atoms with Crippen LogP contribution in [-0.2, 0) is 9.53 Å². The number of hydrogen-bond donors (Lipinski definition) is 0. The van der Waals surface area contributed by atoms with E-state index in [2.05, 4.69) is 6.92 Å². The summed E-state index contributed by atoms with van der Waals surface area (Å²) in [5, 5.41) is 0. The maximum Gasteiger partial charge on any atom is 0.305 e. The molecule has 0 amide bonds. The number of unbranched alkanes of at least 4 members (excludes halogenated alkanes) is 17. The molecule has 0 aromatic rings.